The van der Waals surface area contributed by atoms with Crippen LogP contribution in [-0.4, -0.2) is 31.0 Å². The summed E-state index contributed by atoms with van der Waals surface area (Å²) in [5.41, 5.74) is 6.38. The highest BCUT2D eigenvalue weighted by Gasteiger charge is 2.12. The van der Waals surface area contributed by atoms with Gasteiger partial charge < -0.3 is 21.1 Å². The third-order valence-electron chi connectivity index (χ3n) is 2.80. The molecule has 0 aliphatic carbocycles. The van der Waals surface area contributed by atoms with Crippen molar-refractivity contribution in [3.8, 4) is 5.75 Å². The lowest BCUT2D eigenvalue weighted by atomic mass is 10.1. The Bertz CT molecular complexity index is 460. The number of hydrogen-bond acceptors (Lipinski definition) is 4. The number of benzene rings is 1. The Balaban J connectivity index is 2.46. The summed E-state index contributed by atoms with van der Waals surface area (Å²) in [6, 6.07) is 6.32. The average molecular weight is 293 g/mol. The van der Waals surface area contributed by atoms with Crippen molar-refractivity contribution in [1.29, 1.82) is 0 Å². The SMILES string of the molecule is CCCC(N)C(=O)Nc1ccc(OCC(=O)NCC)cc1. The Morgan fingerprint density at radius 1 is 1.24 bits per heavy atom. The predicted octanol–water partition coefficient (Wildman–Crippen LogP) is 1.27. The van der Waals surface area contributed by atoms with E-state index in [0.29, 0.717) is 24.4 Å². The fourth-order valence-corrected chi connectivity index (χ4v) is 1.71. The zero-order valence-corrected chi connectivity index (χ0v) is 12.5. The quantitative estimate of drug-likeness (QED) is 0.673. The van der Waals surface area contributed by atoms with Crippen LogP contribution >= 0.6 is 0 Å². The van der Waals surface area contributed by atoms with E-state index in [0.717, 1.165) is 6.42 Å². The first-order chi connectivity index (χ1) is 10.1. The van der Waals surface area contributed by atoms with Crippen molar-refractivity contribution in [2.75, 3.05) is 18.5 Å². The summed E-state index contributed by atoms with van der Waals surface area (Å²) in [6.45, 7) is 4.37. The minimum atomic E-state index is -0.497. The maximum Gasteiger partial charge on any atom is 0.257 e. The molecular formula is C15H23N3O3. The molecule has 1 aromatic rings. The molecule has 0 bridgehead atoms. The molecule has 0 heterocycles. The highest BCUT2D eigenvalue weighted by molar-refractivity contribution is 5.94. The second kappa shape index (κ2) is 8.97. The molecule has 0 saturated carbocycles. The summed E-state index contributed by atoms with van der Waals surface area (Å²) in [5, 5.41) is 5.38. The monoisotopic (exact) mass is 293 g/mol. The fraction of sp³-hybridized carbons (Fsp3) is 0.467. The lowest BCUT2D eigenvalue weighted by molar-refractivity contribution is -0.123. The molecule has 2 amide bonds. The zero-order chi connectivity index (χ0) is 15.7. The topological polar surface area (TPSA) is 93.5 Å². The van der Waals surface area contributed by atoms with E-state index < -0.39 is 6.04 Å². The van der Waals surface area contributed by atoms with Crippen LogP contribution in [0.4, 0.5) is 5.69 Å². The van der Waals surface area contributed by atoms with Crippen LogP contribution in [0, 0.1) is 0 Å². The molecular weight excluding hydrogens is 270 g/mol. The highest BCUT2D eigenvalue weighted by Crippen LogP contribution is 2.16. The third-order valence-corrected chi connectivity index (χ3v) is 2.80. The first kappa shape index (κ1) is 17.0. The van der Waals surface area contributed by atoms with Gasteiger partial charge in [-0.2, -0.15) is 0 Å². The molecule has 1 rings (SSSR count). The lowest BCUT2D eigenvalue weighted by Crippen LogP contribution is -2.35. The van der Waals surface area contributed by atoms with Crippen LogP contribution in [0.25, 0.3) is 0 Å². The second-order valence-corrected chi connectivity index (χ2v) is 4.65. The summed E-state index contributed by atoms with van der Waals surface area (Å²) in [6.07, 6.45) is 1.51. The maximum absolute atomic E-state index is 11.8. The van der Waals surface area contributed by atoms with E-state index in [2.05, 4.69) is 10.6 Å². The van der Waals surface area contributed by atoms with Crippen molar-refractivity contribution in [2.24, 2.45) is 5.73 Å². The Morgan fingerprint density at radius 2 is 1.90 bits per heavy atom. The number of carbonyl (C=O) groups is 2. The van der Waals surface area contributed by atoms with Gasteiger partial charge in [-0.05, 0) is 37.6 Å². The third kappa shape index (κ3) is 6.27. The summed E-state index contributed by atoms with van der Waals surface area (Å²) in [5.74, 6) is 0.199. The summed E-state index contributed by atoms with van der Waals surface area (Å²) >= 11 is 0. The largest absolute Gasteiger partial charge is 0.484 e. The Kier molecular flexibility index (Phi) is 7.25. The molecule has 0 aromatic heterocycles. The van der Waals surface area contributed by atoms with Gasteiger partial charge in [-0.15, -0.1) is 0 Å². The number of anilines is 1. The van der Waals surface area contributed by atoms with Gasteiger partial charge in [-0.25, -0.2) is 0 Å². The lowest BCUT2D eigenvalue weighted by Gasteiger charge is -2.12. The van der Waals surface area contributed by atoms with E-state index in [1.54, 1.807) is 24.3 Å². The second-order valence-electron chi connectivity index (χ2n) is 4.65. The first-order valence-electron chi connectivity index (χ1n) is 7.12. The van der Waals surface area contributed by atoms with Crippen LogP contribution in [0.15, 0.2) is 24.3 Å². The van der Waals surface area contributed by atoms with E-state index >= 15 is 0 Å². The molecule has 4 N–H and O–H groups in total. The van der Waals surface area contributed by atoms with E-state index in [9.17, 15) is 9.59 Å². The summed E-state index contributed by atoms with van der Waals surface area (Å²) in [4.78, 5) is 23.0. The van der Waals surface area contributed by atoms with E-state index in [-0.39, 0.29) is 18.4 Å². The number of carbonyl (C=O) groups excluding carboxylic acids is 2. The van der Waals surface area contributed by atoms with E-state index in [4.69, 9.17) is 10.5 Å². The molecule has 1 unspecified atom stereocenters. The number of hydrogen-bond donors (Lipinski definition) is 3. The standard InChI is InChI=1S/C15H23N3O3/c1-3-5-13(16)15(20)18-11-6-8-12(9-7-11)21-10-14(19)17-4-2/h6-9,13H,3-5,10,16H2,1-2H3,(H,17,19)(H,18,20). The normalized spacial score (nSPS) is 11.6. The van der Waals surface area contributed by atoms with Gasteiger partial charge >= 0.3 is 0 Å². The number of nitrogens with two attached hydrogens (primary N) is 1. The van der Waals surface area contributed by atoms with Crippen LogP contribution in [-0.2, 0) is 9.59 Å². The van der Waals surface area contributed by atoms with Crippen molar-refractivity contribution in [3.63, 3.8) is 0 Å². The van der Waals surface area contributed by atoms with Crippen molar-refractivity contribution < 1.29 is 14.3 Å². The van der Waals surface area contributed by atoms with Crippen LogP contribution in [0.2, 0.25) is 0 Å². The van der Waals surface area contributed by atoms with Gasteiger partial charge in [0.15, 0.2) is 6.61 Å². The number of amides is 2. The van der Waals surface area contributed by atoms with Crippen LogP contribution in [0.3, 0.4) is 0 Å². The van der Waals surface area contributed by atoms with Crippen molar-refractivity contribution in [2.45, 2.75) is 32.7 Å². The van der Waals surface area contributed by atoms with Crippen molar-refractivity contribution in [3.05, 3.63) is 24.3 Å². The summed E-state index contributed by atoms with van der Waals surface area (Å²) in [7, 11) is 0. The summed E-state index contributed by atoms with van der Waals surface area (Å²) < 4.78 is 5.32. The smallest absolute Gasteiger partial charge is 0.257 e. The van der Waals surface area contributed by atoms with Crippen LogP contribution in [0.5, 0.6) is 5.75 Å². The Labute approximate surface area is 125 Å². The molecule has 1 aromatic carbocycles. The number of likely N-dealkylation sites (N-methyl/N-ethyl adjacent to an activating group) is 1. The molecule has 6 heteroatoms. The average Bonchev–Trinajstić information content (AvgIpc) is 2.47. The van der Waals surface area contributed by atoms with Gasteiger partial charge in [-0.3, -0.25) is 9.59 Å². The molecule has 6 nitrogen and oxygen atoms in total. The highest BCUT2D eigenvalue weighted by atomic mass is 16.5. The van der Waals surface area contributed by atoms with Crippen molar-refractivity contribution in [1.82, 2.24) is 5.32 Å². The molecule has 0 aliphatic heterocycles. The fourth-order valence-electron chi connectivity index (χ4n) is 1.71. The Hall–Kier alpha value is -2.08. The van der Waals surface area contributed by atoms with Crippen molar-refractivity contribution >= 4 is 17.5 Å². The molecule has 116 valence electrons. The molecule has 0 saturated heterocycles. The van der Waals surface area contributed by atoms with E-state index in [1.807, 2.05) is 13.8 Å². The number of ether oxygens (including phenoxy) is 1. The van der Waals surface area contributed by atoms with Gasteiger partial charge in [0, 0.05) is 12.2 Å². The minimum Gasteiger partial charge on any atom is -0.484 e. The van der Waals surface area contributed by atoms with Crippen LogP contribution < -0.4 is 21.1 Å². The predicted molar refractivity (Wildman–Crippen MR) is 82.1 cm³/mol. The molecule has 1 atom stereocenters. The number of nitrogens with one attached hydrogen (secondary N) is 2. The van der Waals surface area contributed by atoms with Gasteiger partial charge in [0.1, 0.15) is 5.75 Å². The minimum absolute atomic E-state index is 0.0269. The Morgan fingerprint density at radius 3 is 2.48 bits per heavy atom. The molecule has 21 heavy (non-hydrogen) atoms. The van der Waals surface area contributed by atoms with Gasteiger partial charge in [-0.1, -0.05) is 13.3 Å². The molecule has 0 radical (unpaired) electrons. The van der Waals surface area contributed by atoms with Gasteiger partial charge in [0.05, 0.1) is 6.04 Å². The zero-order valence-electron chi connectivity index (χ0n) is 12.5. The van der Waals surface area contributed by atoms with E-state index in [1.165, 1.54) is 0 Å². The van der Waals surface area contributed by atoms with Gasteiger partial charge in [0.25, 0.3) is 5.91 Å². The first-order valence-corrected chi connectivity index (χ1v) is 7.12. The maximum atomic E-state index is 11.8. The van der Waals surface area contributed by atoms with Crippen LogP contribution in [0.1, 0.15) is 26.7 Å². The number of rotatable bonds is 8. The molecule has 0 aliphatic rings. The molecule has 0 spiro atoms. The molecule has 0 fully saturated rings. The van der Waals surface area contributed by atoms with Gasteiger partial charge in [0.2, 0.25) is 5.91 Å².